The second-order valence-corrected chi connectivity index (χ2v) is 4.20. The molecule has 0 spiro atoms. The summed E-state index contributed by atoms with van der Waals surface area (Å²) in [5, 5.41) is 0. The Balaban J connectivity index is 2.66. The van der Waals surface area contributed by atoms with Gasteiger partial charge in [0.1, 0.15) is 0 Å². The first kappa shape index (κ1) is 11.5. The van der Waals surface area contributed by atoms with E-state index in [1.165, 1.54) is 32.4 Å². The molecule has 0 aromatic heterocycles. The minimum Gasteiger partial charge on any atom is -0.272 e. The average Bonchev–Trinajstić information content (AvgIpc) is 2.25. The molecule has 1 heterocycles. The topological polar surface area (TPSA) is 0 Å². The average molecular weight is 194 g/mol. The van der Waals surface area contributed by atoms with Gasteiger partial charge in [0.15, 0.2) is 0 Å². The Morgan fingerprint density at radius 3 is 1.79 bits per heavy atom. The lowest BCUT2D eigenvalue weighted by Crippen LogP contribution is -2.41. The third kappa shape index (κ3) is 3.30. The standard InChI is InChI=1S/C13H24N/c1-3-5-10-14(11-6-4-2)12-8-7-9-13-14/h5-6,10-11H,3-4,7-9,12-13H2,1-2H3/q+1/b10-5+,11-6+. The zero-order valence-corrected chi connectivity index (χ0v) is 9.71. The molecule has 1 aliphatic rings. The van der Waals surface area contributed by atoms with E-state index >= 15 is 0 Å². The van der Waals surface area contributed by atoms with Gasteiger partial charge in [-0.3, -0.25) is 4.48 Å². The van der Waals surface area contributed by atoms with Crippen molar-refractivity contribution >= 4 is 0 Å². The molecule has 1 nitrogen and oxygen atoms in total. The maximum Gasteiger partial charge on any atom is 0.0964 e. The van der Waals surface area contributed by atoms with E-state index < -0.39 is 0 Å². The van der Waals surface area contributed by atoms with Crippen molar-refractivity contribution in [1.82, 2.24) is 0 Å². The van der Waals surface area contributed by atoms with Crippen molar-refractivity contribution in [3.05, 3.63) is 24.6 Å². The number of quaternary nitrogens is 1. The lowest BCUT2D eigenvalue weighted by molar-refractivity contribution is -0.833. The highest BCUT2D eigenvalue weighted by atomic mass is 15.3. The van der Waals surface area contributed by atoms with Crippen molar-refractivity contribution in [2.45, 2.75) is 46.0 Å². The third-order valence-corrected chi connectivity index (χ3v) is 2.92. The summed E-state index contributed by atoms with van der Waals surface area (Å²) >= 11 is 0. The van der Waals surface area contributed by atoms with Gasteiger partial charge in [-0.1, -0.05) is 13.8 Å². The summed E-state index contributed by atoms with van der Waals surface area (Å²) in [7, 11) is 0. The molecule has 1 saturated heterocycles. The van der Waals surface area contributed by atoms with Gasteiger partial charge in [0.2, 0.25) is 0 Å². The van der Waals surface area contributed by atoms with Gasteiger partial charge in [0.05, 0.1) is 25.5 Å². The molecule has 0 saturated carbocycles. The highest BCUT2D eigenvalue weighted by Crippen LogP contribution is 2.21. The van der Waals surface area contributed by atoms with Gasteiger partial charge in [-0.15, -0.1) is 0 Å². The van der Waals surface area contributed by atoms with E-state index in [1.54, 1.807) is 0 Å². The van der Waals surface area contributed by atoms with Crippen LogP contribution in [0.15, 0.2) is 24.6 Å². The molecule has 0 aliphatic carbocycles. The van der Waals surface area contributed by atoms with Gasteiger partial charge >= 0.3 is 0 Å². The Labute approximate surface area is 88.7 Å². The number of nitrogens with zero attached hydrogens (tertiary/aromatic N) is 1. The number of piperidine rings is 1. The summed E-state index contributed by atoms with van der Waals surface area (Å²) in [5.74, 6) is 0. The zero-order chi connectivity index (χ0) is 10.3. The summed E-state index contributed by atoms with van der Waals surface area (Å²) in [4.78, 5) is 0. The van der Waals surface area contributed by atoms with Gasteiger partial charge in [-0.2, -0.15) is 0 Å². The van der Waals surface area contributed by atoms with Crippen molar-refractivity contribution in [3.8, 4) is 0 Å². The Kier molecular flexibility index (Phi) is 4.95. The van der Waals surface area contributed by atoms with Gasteiger partial charge in [-0.05, 0) is 44.3 Å². The minimum absolute atomic E-state index is 1.10. The normalized spacial score (nSPS) is 22.1. The number of hydrogen-bond donors (Lipinski definition) is 0. The van der Waals surface area contributed by atoms with Crippen LogP contribution in [0.1, 0.15) is 46.0 Å². The van der Waals surface area contributed by atoms with Crippen LogP contribution in [0.5, 0.6) is 0 Å². The van der Waals surface area contributed by atoms with Crippen LogP contribution in [0, 0.1) is 0 Å². The second-order valence-electron chi connectivity index (χ2n) is 4.20. The molecule has 0 aromatic carbocycles. The maximum atomic E-state index is 2.39. The molecule has 0 amide bonds. The highest BCUT2D eigenvalue weighted by Gasteiger charge is 2.24. The van der Waals surface area contributed by atoms with Crippen molar-refractivity contribution in [2.24, 2.45) is 0 Å². The Bertz CT molecular complexity index is 181. The zero-order valence-electron chi connectivity index (χ0n) is 9.71. The Hall–Kier alpha value is -0.560. The summed E-state index contributed by atoms with van der Waals surface area (Å²) < 4.78 is 1.10. The second kappa shape index (κ2) is 6.02. The Morgan fingerprint density at radius 1 is 0.857 bits per heavy atom. The van der Waals surface area contributed by atoms with Crippen LogP contribution in [0.3, 0.4) is 0 Å². The molecule has 1 heteroatoms. The molecule has 0 bridgehead atoms. The monoisotopic (exact) mass is 194 g/mol. The smallest absolute Gasteiger partial charge is 0.0964 e. The van der Waals surface area contributed by atoms with Crippen molar-refractivity contribution < 1.29 is 4.48 Å². The van der Waals surface area contributed by atoms with E-state index in [0.717, 1.165) is 17.3 Å². The Morgan fingerprint density at radius 2 is 1.36 bits per heavy atom. The molecule has 14 heavy (non-hydrogen) atoms. The first-order chi connectivity index (χ1) is 6.83. The van der Waals surface area contributed by atoms with Crippen LogP contribution in [0.25, 0.3) is 0 Å². The van der Waals surface area contributed by atoms with E-state index in [9.17, 15) is 0 Å². The number of hydrogen-bond acceptors (Lipinski definition) is 0. The molecule has 1 fully saturated rings. The molecular weight excluding hydrogens is 170 g/mol. The molecule has 0 radical (unpaired) electrons. The van der Waals surface area contributed by atoms with Crippen LogP contribution >= 0.6 is 0 Å². The number of rotatable bonds is 4. The van der Waals surface area contributed by atoms with Crippen LogP contribution < -0.4 is 0 Å². The predicted molar refractivity (Wildman–Crippen MR) is 62.7 cm³/mol. The van der Waals surface area contributed by atoms with E-state index in [0.29, 0.717) is 0 Å². The molecule has 1 aliphatic heterocycles. The van der Waals surface area contributed by atoms with Crippen molar-refractivity contribution in [3.63, 3.8) is 0 Å². The van der Waals surface area contributed by atoms with Crippen LogP contribution in [0.4, 0.5) is 0 Å². The van der Waals surface area contributed by atoms with E-state index in [4.69, 9.17) is 0 Å². The van der Waals surface area contributed by atoms with Crippen LogP contribution in [-0.2, 0) is 0 Å². The highest BCUT2D eigenvalue weighted by molar-refractivity contribution is 4.82. The third-order valence-electron chi connectivity index (χ3n) is 2.92. The number of allylic oxidation sites excluding steroid dienone is 2. The summed E-state index contributed by atoms with van der Waals surface area (Å²) in [5.41, 5.74) is 0. The van der Waals surface area contributed by atoms with E-state index in [2.05, 4.69) is 38.4 Å². The molecule has 0 aromatic rings. The SMILES string of the molecule is CC/C=C/[N+]1(/C=C/CC)CCCCC1. The largest absolute Gasteiger partial charge is 0.272 e. The lowest BCUT2D eigenvalue weighted by atomic mass is 10.1. The van der Waals surface area contributed by atoms with Crippen LogP contribution in [-0.4, -0.2) is 17.6 Å². The van der Waals surface area contributed by atoms with Crippen LogP contribution in [0.2, 0.25) is 0 Å². The molecular formula is C13H24N+. The first-order valence-corrected chi connectivity index (χ1v) is 6.05. The molecule has 0 N–H and O–H groups in total. The maximum absolute atomic E-state index is 2.39. The summed E-state index contributed by atoms with van der Waals surface area (Å²) in [6.45, 7) is 7.01. The fourth-order valence-corrected chi connectivity index (χ4v) is 2.08. The van der Waals surface area contributed by atoms with Crippen molar-refractivity contribution in [1.29, 1.82) is 0 Å². The first-order valence-electron chi connectivity index (χ1n) is 6.05. The van der Waals surface area contributed by atoms with Gasteiger partial charge < -0.3 is 0 Å². The predicted octanol–water partition coefficient (Wildman–Crippen LogP) is 3.83. The van der Waals surface area contributed by atoms with Crippen molar-refractivity contribution in [2.75, 3.05) is 13.1 Å². The summed E-state index contributed by atoms with van der Waals surface area (Å²) in [6.07, 6.45) is 15.9. The molecule has 0 unspecified atom stereocenters. The fourth-order valence-electron chi connectivity index (χ4n) is 2.08. The van der Waals surface area contributed by atoms with E-state index in [-0.39, 0.29) is 0 Å². The minimum atomic E-state index is 1.10. The number of likely N-dealkylation sites (tertiary alicyclic amines) is 1. The van der Waals surface area contributed by atoms with Gasteiger partial charge in [0, 0.05) is 0 Å². The fraction of sp³-hybridized carbons (Fsp3) is 0.692. The quantitative estimate of drug-likeness (QED) is 0.597. The molecule has 0 atom stereocenters. The molecule has 1 rings (SSSR count). The van der Waals surface area contributed by atoms with Gasteiger partial charge in [-0.25, -0.2) is 0 Å². The molecule has 80 valence electrons. The van der Waals surface area contributed by atoms with E-state index in [1.807, 2.05) is 0 Å². The summed E-state index contributed by atoms with van der Waals surface area (Å²) in [6, 6.07) is 0. The van der Waals surface area contributed by atoms with Gasteiger partial charge in [0.25, 0.3) is 0 Å². The lowest BCUT2D eigenvalue weighted by Gasteiger charge is -2.34.